The Bertz CT molecular complexity index is 1040. The number of hydrogen-bond acceptors (Lipinski definition) is 4. The van der Waals surface area contributed by atoms with Gasteiger partial charge in [-0.15, -0.1) is 0 Å². The van der Waals surface area contributed by atoms with Gasteiger partial charge in [0.15, 0.2) is 0 Å². The lowest BCUT2D eigenvalue weighted by atomic mass is 10.2. The number of fused-ring (bicyclic) bond motifs is 1. The molecule has 0 spiro atoms. The van der Waals surface area contributed by atoms with E-state index in [2.05, 4.69) is 10.3 Å². The van der Waals surface area contributed by atoms with Gasteiger partial charge < -0.3 is 10.1 Å². The Morgan fingerprint density at radius 2 is 1.65 bits per heavy atom. The van der Waals surface area contributed by atoms with Gasteiger partial charge in [-0.2, -0.15) is 0 Å². The van der Waals surface area contributed by atoms with Crippen LogP contribution in [0, 0.1) is 0 Å². The maximum Gasteiger partial charge on any atom is 0.212 e. The van der Waals surface area contributed by atoms with E-state index < -0.39 is 0 Å². The Morgan fingerprint density at radius 3 is 2.38 bits per heavy atom. The molecule has 1 N–H and O–H groups in total. The molecule has 0 unspecified atom stereocenters. The Morgan fingerprint density at radius 1 is 0.923 bits per heavy atom. The van der Waals surface area contributed by atoms with Crippen molar-refractivity contribution in [2.24, 2.45) is 4.99 Å². The average Bonchev–Trinajstić information content (AvgIpc) is 3.11. The molecular weight excluding hydrogens is 342 g/mol. The summed E-state index contributed by atoms with van der Waals surface area (Å²) in [7, 11) is 1.66. The normalized spacial score (nSPS) is 11.5. The fraction of sp³-hybridized carbons (Fsp3) is 0.0476. The molecule has 4 nitrogen and oxygen atoms in total. The van der Waals surface area contributed by atoms with Crippen molar-refractivity contribution >= 4 is 38.2 Å². The van der Waals surface area contributed by atoms with Crippen LogP contribution in [-0.2, 0) is 0 Å². The van der Waals surface area contributed by atoms with E-state index >= 15 is 0 Å². The van der Waals surface area contributed by atoms with Crippen molar-refractivity contribution < 1.29 is 4.74 Å². The second-order valence-electron chi connectivity index (χ2n) is 5.62. The minimum atomic E-state index is 0.687. The minimum Gasteiger partial charge on any atom is -0.494 e. The molecule has 0 saturated carbocycles. The molecule has 0 saturated heterocycles. The summed E-state index contributed by atoms with van der Waals surface area (Å²) < 4.78 is 6.46. The number of ether oxygens (including phenoxy) is 1. The first-order valence-electron chi connectivity index (χ1n) is 8.23. The van der Waals surface area contributed by atoms with Crippen LogP contribution in [-0.4, -0.2) is 17.9 Å². The molecule has 0 amide bonds. The van der Waals surface area contributed by atoms with Gasteiger partial charge in [-0.3, -0.25) is 0 Å². The lowest BCUT2D eigenvalue weighted by Gasteiger charge is -2.09. The van der Waals surface area contributed by atoms with Crippen molar-refractivity contribution in [1.82, 2.24) is 4.98 Å². The van der Waals surface area contributed by atoms with Gasteiger partial charge in [-0.05, 0) is 24.3 Å². The maximum absolute atomic E-state index is 5.41. The molecule has 0 atom stereocenters. The number of anilines is 1. The molecule has 0 fully saturated rings. The Kier molecular flexibility index (Phi) is 4.62. The van der Waals surface area contributed by atoms with Crippen LogP contribution in [0.25, 0.3) is 10.2 Å². The second kappa shape index (κ2) is 7.37. The van der Waals surface area contributed by atoms with E-state index in [4.69, 9.17) is 9.73 Å². The van der Waals surface area contributed by atoms with Gasteiger partial charge in [-0.1, -0.05) is 65.9 Å². The van der Waals surface area contributed by atoms with Crippen LogP contribution < -0.4 is 10.1 Å². The number of amidine groups is 1. The number of benzene rings is 3. The highest BCUT2D eigenvalue weighted by molar-refractivity contribution is 7.22. The predicted octanol–water partition coefficient (Wildman–Crippen LogP) is 5.50. The number of thiazole rings is 1. The summed E-state index contributed by atoms with van der Waals surface area (Å²) in [6, 6.07) is 26.0. The Balaban J connectivity index is 1.78. The molecule has 26 heavy (non-hydrogen) atoms. The lowest BCUT2D eigenvalue weighted by Crippen LogP contribution is -2.13. The standard InChI is InChI=1S/C21H17N3OS/c1-25-17-13-8-14-18-19(17)23-21(26-18)24-20(15-9-4-2-5-10-15)22-16-11-6-3-7-12-16/h2-14H,1H3,(H,22,23,24). The number of aromatic nitrogens is 1. The number of para-hydroxylation sites is 2. The molecule has 3 aromatic carbocycles. The topological polar surface area (TPSA) is 46.5 Å². The zero-order valence-corrected chi connectivity index (χ0v) is 15.0. The van der Waals surface area contributed by atoms with E-state index in [0.717, 1.165) is 33.1 Å². The van der Waals surface area contributed by atoms with Crippen LogP contribution in [0.5, 0.6) is 5.75 Å². The number of nitrogens with one attached hydrogen (secondary N) is 1. The van der Waals surface area contributed by atoms with E-state index in [-0.39, 0.29) is 0 Å². The first-order chi connectivity index (χ1) is 12.8. The van der Waals surface area contributed by atoms with Crippen molar-refractivity contribution in [2.75, 3.05) is 12.4 Å². The maximum atomic E-state index is 5.41. The van der Waals surface area contributed by atoms with Gasteiger partial charge in [0.1, 0.15) is 17.1 Å². The van der Waals surface area contributed by atoms with Crippen LogP contribution in [0.4, 0.5) is 10.8 Å². The van der Waals surface area contributed by atoms with Gasteiger partial charge in [0.05, 0.1) is 11.8 Å². The highest BCUT2D eigenvalue weighted by atomic mass is 32.1. The molecule has 128 valence electrons. The van der Waals surface area contributed by atoms with E-state index in [1.165, 1.54) is 0 Å². The summed E-state index contributed by atoms with van der Waals surface area (Å²) in [5.74, 6) is 1.52. The highest BCUT2D eigenvalue weighted by Gasteiger charge is 2.10. The van der Waals surface area contributed by atoms with Gasteiger partial charge in [0, 0.05) is 11.3 Å². The fourth-order valence-electron chi connectivity index (χ4n) is 2.64. The van der Waals surface area contributed by atoms with Crippen LogP contribution in [0.2, 0.25) is 0 Å². The molecule has 1 heterocycles. The second-order valence-corrected chi connectivity index (χ2v) is 6.63. The first kappa shape index (κ1) is 16.3. The largest absolute Gasteiger partial charge is 0.494 e. The Hall–Kier alpha value is -3.18. The third-order valence-electron chi connectivity index (χ3n) is 3.88. The molecule has 4 aromatic rings. The van der Waals surface area contributed by atoms with E-state index in [1.807, 2.05) is 78.9 Å². The fourth-order valence-corrected chi connectivity index (χ4v) is 3.50. The third kappa shape index (κ3) is 3.43. The van der Waals surface area contributed by atoms with Crippen molar-refractivity contribution in [1.29, 1.82) is 0 Å². The summed E-state index contributed by atoms with van der Waals surface area (Å²) in [6.45, 7) is 0. The van der Waals surface area contributed by atoms with Gasteiger partial charge in [0.2, 0.25) is 5.13 Å². The number of hydrogen-bond donors (Lipinski definition) is 1. The lowest BCUT2D eigenvalue weighted by molar-refractivity contribution is 0.419. The summed E-state index contributed by atoms with van der Waals surface area (Å²) >= 11 is 1.54. The van der Waals surface area contributed by atoms with Crippen LogP contribution >= 0.6 is 11.3 Å². The van der Waals surface area contributed by atoms with Gasteiger partial charge in [0.25, 0.3) is 0 Å². The summed E-state index contributed by atoms with van der Waals surface area (Å²) in [5, 5.41) is 4.09. The summed E-state index contributed by atoms with van der Waals surface area (Å²) in [5.41, 5.74) is 2.82. The quantitative estimate of drug-likeness (QED) is 0.387. The van der Waals surface area contributed by atoms with E-state index in [9.17, 15) is 0 Å². The number of methoxy groups -OCH3 is 1. The minimum absolute atomic E-state index is 0.687. The zero-order valence-electron chi connectivity index (χ0n) is 14.2. The summed E-state index contributed by atoms with van der Waals surface area (Å²) in [4.78, 5) is 9.45. The van der Waals surface area contributed by atoms with Crippen molar-refractivity contribution in [3.63, 3.8) is 0 Å². The summed E-state index contributed by atoms with van der Waals surface area (Å²) in [6.07, 6.45) is 0. The molecule has 0 radical (unpaired) electrons. The number of aliphatic imine (C=N–C) groups is 1. The first-order valence-corrected chi connectivity index (χ1v) is 9.05. The van der Waals surface area contributed by atoms with E-state index in [0.29, 0.717) is 5.13 Å². The zero-order chi connectivity index (χ0) is 17.8. The monoisotopic (exact) mass is 359 g/mol. The van der Waals surface area contributed by atoms with Gasteiger partial charge >= 0.3 is 0 Å². The molecule has 0 aliphatic carbocycles. The molecule has 0 aliphatic rings. The van der Waals surface area contributed by atoms with Crippen molar-refractivity contribution in [3.8, 4) is 5.75 Å². The molecule has 0 aliphatic heterocycles. The Labute approximate surface area is 155 Å². The van der Waals surface area contributed by atoms with Crippen molar-refractivity contribution in [2.45, 2.75) is 0 Å². The SMILES string of the molecule is COc1cccc2sc(N=C(Nc3ccccc3)c3ccccc3)nc12. The predicted molar refractivity (Wildman–Crippen MR) is 109 cm³/mol. The number of rotatable bonds is 4. The van der Waals surface area contributed by atoms with Crippen LogP contribution in [0.1, 0.15) is 5.56 Å². The number of nitrogens with zero attached hydrogens (tertiary/aromatic N) is 2. The molecule has 1 aromatic heterocycles. The van der Waals surface area contributed by atoms with Crippen molar-refractivity contribution in [3.05, 3.63) is 84.4 Å². The third-order valence-corrected chi connectivity index (χ3v) is 4.80. The van der Waals surface area contributed by atoms with E-state index in [1.54, 1.807) is 18.4 Å². The van der Waals surface area contributed by atoms with Crippen LogP contribution in [0.15, 0.2) is 83.9 Å². The van der Waals surface area contributed by atoms with Crippen LogP contribution in [0.3, 0.4) is 0 Å². The highest BCUT2D eigenvalue weighted by Crippen LogP contribution is 2.33. The molecular formula is C21H17N3OS. The average molecular weight is 359 g/mol. The smallest absolute Gasteiger partial charge is 0.212 e. The van der Waals surface area contributed by atoms with Gasteiger partial charge in [-0.25, -0.2) is 9.98 Å². The molecule has 4 rings (SSSR count). The molecule has 0 bridgehead atoms. The molecule has 5 heteroatoms.